The van der Waals surface area contributed by atoms with E-state index >= 15 is 0 Å². The molecule has 16 heavy (non-hydrogen) atoms. The van der Waals surface area contributed by atoms with Gasteiger partial charge in [-0.2, -0.15) is 0 Å². The van der Waals surface area contributed by atoms with Crippen molar-refractivity contribution in [1.29, 1.82) is 0 Å². The molecule has 2 nitrogen and oxygen atoms in total. The summed E-state index contributed by atoms with van der Waals surface area (Å²) >= 11 is 5.95. The molecule has 88 valence electrons. The summed E-state index contributed by atoms with van der Waals surface area (Å²) in [6, 6.07) is 5.73. The Morgan fingerprint density at radius 1 is 1.31 bits per heavy atom. The van der Waals surface area contributed by atoms with Gasteiger partial charge in [0.1, 0.15) is 0 Å². The average Bonchev–Trinajstić information content (AvgIpc) is 2.77. The van der Waals surface area contributed by atoms with Crippen molar-refractivity contribution in [2.24, 2.45) is 5.92 Å². The van der Waals surface area contributed by atoms with Crippen molar-refractivity contribution in [3.63, 3.8) is 0 Å². The molecule has 0 amide bonds. The number of hydrogen-bond acceptors (Lipinski definition) is 2. The fourth-order valence-electron chi connectivity index (χ4n) is 2.40. The predicted molar refractivity (Wildman–Crippen MR) is 70.9 cm³/mol. The number of benzene rings is 1. The van der Waals surface area contributed by atoms with Gasteiger partial charge < -0.3 is 11.1 Å². The van der Waals surface area contributed by atoms with E-state index in [1.807, 2.05) is 18.2 Å². The van der Waals surface area contributed by atoms with E-state index in [0.717, 1.165) is 18.2 Å². The van der Waals surface area contributed by atoms with E-state index < -0.39 is 0 Å². The van der Waals surface area contributed by atoms with Crippen LogP contribution in [0.1, 0.15) is 32.1 Å². The summed E-state index contributed by atoms with van der Waals surface area (Å²) in [6.07, 6.45) is 6.85. The molecule has 0 atom stereocenters. The number of nitrogen functional groups attached to an aromatic ring is 1. The molecule has 2 rings (SSSR count). The van der Waals surface area contributed by atoms with E-state index in [1.54, 1.807) is 0 Å². The second-order valence-corrected chi connectivity index (χ2v) is 4.97. The summed E-state index contributed by atoms with van der Waals surface area (Å²) in [6.45, 7) is 0.995. The van der Waals surface area contributed by atoms with Crippen LogP contribution in [0.5, 0.6) is 0 Å². The summed E-state index contributed by atoms with van der Waals surface area (Å²) in [5.74, 6) is 0.910. The van der Waals surface area contributed by atoms with Crippen LogP contribution in [0.25, 0.3) is 0 Å². The molecule has 1 aromatic rings. The normalized spacial score (nSPS) is 16.6. The number of hydrogen-bond donors (Lipinski definition) is 2. The Labute approximate surface area is 102 Å². The van der Waals surface area contributed by atoms with Gasteiger partial charge in [0.15, 0.2) is 0 Å². The van der Waals surface area contributed by atoms with Gasteiger partial charge >= 0.3 is 0 Å². The summed E-state index contributed by atoms with van der Waals surface area (Å²) in [5, 5.41) is 4.00. The zero-order chi connectivity index (χ0) is 11.4. The van der Waals surface area contributed by atoms with Gasteiger partial charge in [0.2, 0.25) is 0 Å². The molecule has 3 heteroatoms. The Bertz CT molecular complexity index is 346. The van der Waals surface area contributed by atoms with Crippen molar-refractivity contribution in [3.8, 4) is 0 Å². The molecule has 1 aliphatic carbocycles. The molecule has 0 saturated heterocycles. The monoisotopic (exact) mass is 238 g/mol. The zero-order valence-electron chi connectivity index (χ0n) is 9.51. The van der Waals surface area contributed by atoms with Crippen LogP contribution in [0.15, 0.2) is 18.2 Å². The molecule has 0 aliphatic heterocycles. The van der Waals surface area contributed by atoms with Crippen LogP contribution in [-0.2, 0) is 0 Å². The summed E-state index contributed by atoms with van der Waals surface area (Å²) in [4.78, 5) is 0. The average molecular weight is 239 g/mol. The van der Waals surface area contributed by atoms with Crippen molar-refractivity contribution in [2.75, 3.05) is 17.6 Å². The van der Waals surface area contributed by atoms with Gasteiger partial charge in [0.25, 0.3) is 0 Å². The number of para-hydroxylation sites is 1. The third kappa shape index (κ3) is 2.82. The van der Waals surface area contributed by atoms with E-state index in [0.29, 0.717) is 10.7 Å². The Morgan fingerprint density at radius 3 is 2.81 bits per heavy atom. The second kappa shape index (κ2) is 5.44. The molecule has 0 heterocycles. The third-order valence-corrected chi connectivity index (χ3v) is 3.73. The zero-order valence-corrected chi connectivity index (χ0v) is 10.3. The van der Waals surface area contributed by atoms with Crippen LogP contribution in [0, 0.1) is 5.92 Å². The Kier molecular flexibility index (Phi) is 3.94. The summed E-state index contributed by atoms with van der Waals surface area (Å²) in [5.41, 5.74) is 7.51. The lowest BCUT2D eigenvalue weighted by Gasteiger charge is -2.12. The van der Waals surface area contributed by atoms with E-state index in [-0.39, 0.29) is 0 Å². The van der Waals surface area contributed by atoms with Gasteiger partial charge in [-0.1, -0.05) is 43.4 Å². The number of rotatable bonds is 4. The van der Waals surface area contributed by atoms with Crippen LogP contribution in [-0.4, -0.2) is 6.54 Å². The standard InChI is InChI=1S/C13H19ClN2/c14-11-6-3-7-12(13(11)15)16-9-8-10-4-1-2-5-10/h3,6-7,10,16H,1-2,4-5,8-9,15H2. The smallest absolute Gasteiger partial charge is 0.0739 e. The molecule has 0 bridgehead atoms. The molecular formula is C13H19ClN2. The van der Waals surface area contributed by atoms with Crippen molar-refractivity contribution in [3.05, 3.63) is 23.2 Å². The molecule has 0 unspecified atom stereocenters. The molecule has 1 saturated carbocycles. The number of anilines is 2. The first-order chi connectivity index (χ1) is 7.77. The quantitative estimate of drug-likeness (QED) is 0.781. The lowest BCUT2D eigenvalue weighted by atomic mass is 10.0. The van der Waals surface area contributed by atoms with Gasteiger partial charge in [-0.05, 0) is 24.5 Å². The minimum Gasteiger partial charge on any atom is -0.396 e. The van der Waals surface area contributed by atoms with Gasteiger partial charge in [-0.3, -0.25) is 0 Å². The van der Waals surface area contributed by atoms with Gasteiger partial charge in [0, 0.05) is 6.54 Å². The maximum atomic E-state index is 5.95. The highest BCUT2D eigenvalue weighted by atomic mass is 35.5. The highest BCUT2D eigenvalue weighted by Crippen LogP contribution is 2.29. The fourth-order valence-corrected chi connectivity index (χ4v) is 2.58. The number of halogens is 1. The SMILES string of the molecule is Nc1c(Cl)cccc1NCCC1CCCC1. The van der Waals surface area contributed by atoms with Gasteiger partial charge in [-0.15, -0.1) is 0 Å². The molecule has 0 spiro atoms. The van der Waals surface area contributed by atoms with Crippen LogP contribution >= 0.6 is 11.6 Å². The third-order valence-electron chi connectivity index (χ3n) is 3.40. The highest BCUT2D eigenvalue weighted by Gasteiger charge is 2.14. The Morgan fingerprint density at radius 2 is 2.06 bits per heavy atom. The predicted octanol–water partition coefficient (Wildman–Crippen LogP) is 3.91. The molecule has 1 fully saturated rings. The fraction of sp³-hybridized carbons (Fsp3) is 0.538. The molecule has 0 aromatic heterocycles. The largest absolute Gasteiger partial charge is 0.396 e. The van der Waals surface area contributed by atoms with Crippen LogP contribution in [0.2, 0.25) is 5.02 Å². The van der Waals surface area contributed by atoms with E-state index in [1.165, 1.54) is 32.1 Å². The maximum Gasteiger partial charge on any atom is 0.0739 e. The maximum absolute atomic E-state index is 5.95. The molecular weight excluding hydrogens is 220 g/mol. The van der Waals surface area contributed by atoms with Crippen LogP contribution in [0.3, 0.4) is 0 Å². The van der Waals surface area contributed by atoms with Crippen molar-refractivity contribution in [2.45, 2.75) is 32.1 Å². The topological polar surface area (TPSA) is 38.0 Å². The lowest BCUT2D eigenvalue weighted by Crippen LogP contribution is -2.08. The minimum atomic E-state index is 0.630. The van der Waals surface area contributed by atoms with Gasteiger partial charge in [-0.25, -0.2) is 0 Å². The Balaban J connectivity index is 1.82. The van der Waals surface area contributed by atoms with Crippen molar-refractivity contribution >= 4 is 23.0 Å². The first-order valence-electron chi connectivity index (χ1n) is 6.05. The van der Waals surface area contributed by atoms with Crippen molar-refractivity contribution in [1.82, 2.24) is 0 Å². The number of nitrogens with two attached hydrogens (primary N) is 1. The minimum absolute atomic E-state index is 0.630. The summed E-state index contributed by atoms with van der Waals surface area (Å²) in [7, 11) is 0. The number of nitrogens with one attached hydrogen (secondary N) is 1. The first-order valence-corrected chi connectivity index (χ1v) is 6.43. The van der Waals surface area contributed by atoms with Crippen molar-refractivity contribution < 1.29 is 0 Å². The first kappa shape index (κ1) is 11.6. The summed E-state index contributed by atoms with van der Waals surface area (Å²) < 4.78 is 0. The van der Waals surface area contributed by atoms with E-state index in [2.05, 4.69) is 5.32 Å². The molecule has 1 aliphatic rings. The highest BCUT2D eigenvalue weighted by molar-refractivity contribution is 6.33. The van der Waals surface area contributed by atoms with Crippen LogP contribution in [0.4, 0.5) is 11.4 Å². The van der Waals surface area contributed by atoms with Crippen LogP contribution < -0.4 is 11.1 Å². The van der Waals surface area contributed by atoms with Gasteiger partial charge in [0.05, 0.1) is 16.4 Å². The second-order valence-electron chi connectivity index (χ2n) is 4.57. The lowest BCUT2D eigenvalue weighted by molar-refractivity contribution is 0.519. The van der Waals surface area contributed by atoms with E-state index in [9.17, 15) is 0 Å². The molecule has 1 aromatic carbocycles. The van der Waals surface area contributed by atoms with E-state index in [4.69, 9.17) is 17.3 Å². The molecule has 3 N–H and O–H groups in total. The Hall–Kier alpha value is -0.890. The molecule has 0 radical (unpaired) electrons.